The van der Waals surface area contributed by atoms with Crippen LogP contribution in [-0.4, -0.2) is 42.6 Å². The van der Waals surface area contributed by atoms with Crippen molar-refractivity contribution in [3.05, 3.63) is 41.3 Å². The number of hydrogen-bond donors (Lipinski definition) is 1. The summed E-state index contributed by atoms with van der Waals surface area (Å²) in [5.41, 5.74) is 4.93. The Kier molecular flexibility index (Phi) is 4.64. The van der Waals surface area contributed by atoms with Gasteiger partial charge in [-0.05, 0) is 43.4 Å². The summed E-state index contributed by atoms with van der Waals surface area (Å²) in [6.07, 6.45) is 3.74. The Bertz CT molecular complexity index is 593. The molecule has 0 unspecified atom stereocenters. The van der Waals surface area contributed by atoms with Crippen LogP contribution in [0.1, 0.15) is 46.8 Å². The van der Waals surface area contributed by atoms with Crippen molar-refractivity contribution >= 4 is 5.97 Å². The summed E-state index contributed by atoms with van der Waals surface area (Å²) in [4.78, 5) is 14.3. The van der Waals surface area contributed by atoms with E-state index in [4.69, 9.17) is 4.74 Å². The third-order valence-electron chi connectivity index (χ3n) is 5.44. The lowest BCUT2D eigenvalue weighted by Crippen LogP contribution is -2.53. The molecule has 1 N–H and O–H groups in total. The first-order chi connectivity index (χ1) is 11.2. The molecular formula is C19H27N2O2+. The fourth-order valence-electron chi connectivity index (χ4n) is 3.79. The van der Waals surface area contributed by atoms with Crippen molar-refractivity contribution in [1.29, 1.82) is 0 Å². The van der Waals surface area contributed by atoms with Gasteiger partial charge in [0.2, 0.25) is 0 Å². The van der Waals surface area contributed by atoms with Gasteiger partial charge in [0.15, 0.2) is 0 Å². The maximum absolute atomic E-state index is 11.6. The fourth-order valence-corrected chi connectivity index (χ4v) is 3.79. The number of nitrogens with one attached hydrogen (secondary N) is 1. The molecule has 4 nitrogen and oxygen atoms in total. The molecule has 3 aliphatic rings. The first-order valence-corrected chi connectivity index (χ1v) is 8.65. The van der Waals surface area contributed by atoms with Crippen LogP contribution in [0.2, 0.25) is 0 Å². The summed E-state index contributed by atoms with van der Waals surface area (Å²) in [6.45, 7) is 12.1. The maximum Gasteiger partial charge on any atom is 0.338 e. The normalized spacial score (nSPS) is 21.4. The predicted molar refractivity (Wildman–Crippen MR) is 91.4 cm³/mol. The number of nitrogens with zero attached hydrogens (tertiary/aromatic N) is 1. The molecule has 1 aromatic rings. The summed E-state index contributed by atoms with van der Waals surface area (Å²) in [7, 11) is 0. The Morgan fingerprint density at radius 3 is 2.87 bits per heavy atom. The molecule has 4 heteroatoms. The molecule has 0 aromatic heterocycles. The standard InChI is InChI=1S/C17H22N2O2.C2H5/c1-12-13(2-3-14-15(12)10-21-16(14)20)4-8-19-9-7-18-11-17(19)5-6-17;1-2/h2-3,18H,4-11H2,1H3;1H2,2H3/q;+1. The van der Waals surface area contributed by atoms with Gasteiger partial charge in [-0.25, -0.2) is 4.79 Å². The van der Waals surface area contributed by atoms with Gasteiger partial charge in [-0.1, -0.05) is 6.07 Å². The van der Waals surface area contributed by atoms with Crippen LogP contribution in [-0.2, 0) is 17.8 Å². The molecule has 124 valence electrons. The van der Waals surface area contributed by atoms with Gasteiger partial charge in [0.25, 0.3) is 0 Å². The van der Waals surface area contributed by atoms with E-state index in [9.17, 15) is 4.79 Å². The second kappa shape index (κ2) is 6.54. The Balaban J connectivity index is 0.000000753. The lowest BCUT2D eigenvalue weighted by molar-refractivity contribution is 0.0535. The second-order valence-electron chi connectivity index (χ2n) is 6.59. The minimum absolute atomic E-state index is 0.168. The highest BCUT2D eigenvalue weighted by Gasteiger charge is 2.48. The van der Waals surface area contributed by atoms with Gasteiger partial charge < -0.3 is 10.1 Å². The van der Waals surface area contributed by atoms with Gasteiger partial charge in [-0.2, -0.15) is 0 Å². The van der Waals surface area contributed by atoms with Crippen molar-refractivity contribution < 1.29 is 9.53 Å². The molecule has 2 fully saturated rings. The largest absolute Gasteiger partial charge is 0.457 e. The highest BCUT2D eigenvalue weighted by Crippen LogP contribution is 2.42. The van der Waals surface area contributed by atoms with Crippen LogP contribution in [0, 0.1) is 13.8 Å². The molecule has 2 heterocycles. The van der Waals surface area contributed by atoms with Gasteiger partial charge in [-0.15, -0.1) is 0 Å². The number of ether oxygens (including phenoxy) is 1. The lowest BCUT2D eigenvalue weighted by atomic mass is 9.96. The number of piperazine rings is 1. The zero-order chi connectivity index (χ0) is 16.4. The molecule has 0 radical (unpaired) electrons. The van der Waals surface area contributed by atoms with E-state index in [0.29, 0.717) is 12.1 Å². The first kappa shape index (κ1) is 16.3. The van der Waals surface area contributed by atoms with Crippen molar-refractivity contribution in [1.82, 2.24) is 10.2 Å². The summed E-state index contributed by atoms with van der Waals surface area (Å²) < 4.78 is 5.14. The third-order valence-corrected chi connectivity index (χ3v) is 5.44. The van der Waals surface area contributed by atoms with Crippen LogP contribution in [0.3, 0.4) is 0 Å². The van der Waals surface area contributed by atoms with Crippen LogP contribution in [0.5, 0.6) is 0 Å². The monoisotopic (exact) mass is 315 g/mol. The van der Waals surface area contributed by atoms with E-state index in [0.717, 1.165) is 43.7 Å². The lowest BCUT2D eigenvalue weighted by Gasteiger charge is -2.36. The highest BCUT2D eigenvalue weighted by molar-refractivity contribution is 5.93. The van der Waals surface area contributed by atoms with Crippen molar-refractivity contribution in [2.75, 3.05) is 26.2 Å². The molecule has 1 saturated heterocycles. The Morgan fingerprint density at radius 2 is 2.13 bits per heavy atom. The molecule has 1 saturated carbocycles. The van der Waals surface area contributed by atoms with E-state index < -0.39 is 0 Å². The Labute approximate surface area is 139 Å². The summed E-state index contributed by atoms with van der Waals surface area (Å²) in [6, 6.07) is 4.06. The SMILES string of the molecule is Cc1c(CCN2CCNCC23CC3)ccc2c1COC2=O.[CH2+]C. The maximum atomic E-state index is 11.6. The van der Waals surface area contributed by atoms with E-state index in [-0.39, 0.29) is 5.97 Å². The number of benzene rings is 1. The zero-order valence-corrected chi connectivity index (χ0v) is 14.3. The number of hydrogen-bond acceptors (Lipinski definition) is 4. The minimum atomic E-state index is -0.168. The average Bonchev–Trinajstić information content (AvgIpc) is 3.25. The van der Waals surface area contributed by atoms with Crippen molar-refractivity contribution in [2.45, 2.75) is 45.3 Å². The zero-order valence-electron chi connectivity index (χ0n) is 14.3. The minimum Gasteiger partial charge on any atom is -0.457 e. The van der Waals surface area contributed by atoms with Crippen molar-refractivity contribution in [3.8, 4) is 0 Å². The number of carbonyl (C=O) groups is 1. The molecule has 1 spiro atoms. The van der Waals surface area contributed by atoms with Crippen molar-refractivity contribution in [2.24, 2.45) is 0 Å². The van der Waals surface area contributed by atoms with Crippen molar-refractivity contribution in [3.63, 3.8) is 0 Å². The van der Waals surface area contributed by atoms with Gasteiger partial charge >= 0.3 is 5.97 Å². The Morgan fingerprint density at radius 1 is 1.35 bits per heavy atom. The van der Waals surface area contributed by atoms with Crippen LogP contribution in [0.15, 0.2) is 12.1 Å². The smallest absolute Gasteiger partial charge is 0.338 e. The molecule has 0 atom stereocenters. The molecule has 23 heavy (non-hydrogen) atoms. The van der Waals surface area contributed by atoms with Gasteiger partial charge in [0.1, 0.15) is 6.61 Å². The van der Waals surface area contributed by atoms with Gasteiger partial charge in [-0.3, -0.25) is 4.90 Å². The molecule has 2 aliphatic heterocycles. The number of cyclic esters (lactones) is 1. The summed E-state index contributed by atoms with van der Waals surface area (Å²) in [5.74, 6) is -0.168. The van der Waals surface area contributed by atoms with Crippen LogP contribution >= 0.6 is 0 Å². The molecule has 1 aromatic carbocycles. The number of carbonyl (C=O) groups excluding carboxylic acids is 1. The van der Waals surface area contributed by atoms with Crippen LogP contribution in [0.25, 0.3) is 0 Å². The molecule has 1 aliphatic carbocycles. The van der Waals surface area contributed by atoms with E-state index in [1.165, 1.54) is 24.0 Å². The average molecular weight is 315 g/mol. The van der Waals surface area contributed by atoms with Crippen LogP contribution in [0.4, 0.5) is 0 Å². The highest BCUT2D eigenvalue weighted by atomic mass is 16.5. The van der Waals surface area contributed by atoms with Crippen LogP contribution < -0.4 is 5.32 Å². The van der Waals surface area contributed by atoms with E-state index in [1.807, 2.05) is 6.07 Å². The topological polar surface area (TPSA) is 41.6 Å². The number of rotatable bonds is 3. The third kappa shape index (κ3) is 2.98. The predicted octanol–water partition coefficient (Wildman–Crippen LogP) is 2.49. The summed E-state index contributed by atoms with van der Waals surface area (Å²) in [5, 5.41) is 3.52. The molecule has 0 amide bonds. The van der Waals surface area contributed by atoms with E-state index in [2.05, 4.69) is 30.1 Å². The second-order valence-corrected chi connectivity index (χ2v) is 6.59. The Hall–Kier alpha value is -1.52. The van der Waals surface area contributed by atoms with Gasteiger partial charge in [0, 0.05) is 37.3 Å². The molecule has 4 rings (SSSR count). The van der Waals surface area contributed by atoms with E-state index >= 15 is 0 Å². The molecular weight excluding hydrogens is 288 g/mol. The first-order valence-electron chi connectivity index (χ1n) is 8.65. The quantitative estimate of drug-likeness (QED) is 0.687. The van der Waals surface area contributed by atoms with Gasteiger partial charge in [0.05, 0.1) is 19.4 Å². The fraction of sp³-hybridized carbons (Fsp3) is 0.579. The number of esters is 1. The van der Waals surface area contributed by atoms with E-state index in [1.54, 1.807) is 6.92 Å². The molecule has 0 bridgehead atoms. The summed E-state index contributed by atoms with van der Waals surface area (Å²) >= 11 is 0. The number of fused-ring (bicyclic) bond motifs is 1.